The number of aliphatic hydroxyl groups excluding tert-OH is 11. The molecule has 3 heterocycles. The Bertz CT molecular complexity index is 1710. The highest BCUT2D eigenvalue weighted by Gasteiger charge is 2.53. The number of aliphatic hydroxyl groups is 11. The molecule has 17 atom stereocenters. The highest BCUT2D eigenvalue weighted by molar-refractivity contribution is 5.76. The molecule has 0 aliphatic carbocycles. The van der Waals surface area contributed by atoms with Crippen molar-refractivity contribution in [1.82, 2.24) is 5.32 Å². The van der Waals surface area contributed by atoms with Crippen LogP contribution in [0, 0.1) is 0 Å². The molecule has 12 N–H and O–H groups in total. The lowest BCUT2D eigenvalue weighted by molar-refractivity contribution is -0.379. The Morgan fingerprint density at radius 1 is 0.444 bits per heavy atom. The van der Waals surface area contributed by atoms with Crippen LogP contribution in [0.1, 0.15) is 194 Å². The largest absolute Gasteiger partial charge is 0.394 e. The quantitative estimate of drug-likeness (QED) is 0.0244. The molecule has 1 amide bonds. The second-order valence-corrected chi connectivity index (χ2v) is 22.2. The van der Waals surface area contributed by atoms with Crippen LogP contribution in [0.5, 0.6) is 0 Å². The molecule has 19 nitrogen and oxygen atoms in total. The van der Waals surface area contributed by atoms with E-state index < -0.39 is 124 Å². The molecule has 19 heteroatoms. The summed E-state index contributed by atoms with van der Waals surface area (Å²) >= 11 is 0. The van der Waals surface area contributed by atoms with E-state index in [1.807, 2.05) is 6.08 Å². The Kier molecular flexibility index (Phi) is 40.3. The molecular formula is C62H109NO18. The van der Waals surface area contributed by atoms with Gasteiger partial charge in [0.15, 0.2) is 18.9 Å². The summed E-state index contributed by atoms with van der Waals surface area (Å²) < 4.78 is 34.2. The molecular weight excluding hydrogens is 1050 g/mol. The first-order valence-corrected chi connectivity index (χ1v) is 31.0. The fourth-order valence-electron chi connectivity index (χ4n) is 10.2. The first kappa shape index (κ1) is 72.7. The van der Waals surface area contributed by atoms with Crippen LogP contribution in [0.15, 0.2) is 60.8 Å². The maximum absolute atomic E-state index is 13.3. The van der Waals surface area contributed by atoms with Gasteiger partial charge in [0.05, 0.1) is 38.6 Å². The number of unbranched alkanes of at least 4 members (excludes halogenated alkanes) is 21. The number of carbonyl (C=O) groups is 1. The zero-order valence-corrected chi connectivity index (χ0v) is 49.0. The molecule has 3 rings (SSSR count). The van der Waals surface area contributed by atoms with Gasteiger partial charge >= 0.3 is 0 Å². The Morgan fingerprint density at radius 2 is 0.827 bits per heavy atom. The zero-order chi connectivity index (χ0) is 59.0. The predicted octanol–water partition coefficient (Wildman–Crippen LogP) is 6.04. The van der Waals surface area contributed by atoms with Gasteiger partial charge in [-0.3, -0.25) is 4.79 Å². The van der Waals surface area contributed by atoms with Crippen LogP contribution in [-0.2, 0) is 33.2 Å². The lowest BCUT2D eigenvalue weighted by Crippen LogP contribution is -2.66. The first-order chi connectivity index (χ1) is 39.3. The summed E-state index contributed by atoms with van der Waals surface area (Å²) in [5.74, 6) is -0.293. The van der Waals surface area contributed by atoms with E-state index in [0.717, 1.165) is 70.6 Å². The number of carbonyl (C=O) groups excluding carboxylic acids is 1. The third-order valence-electron chi connectivity index (χ3n) is 15.3. The van der Waals surface area contributed by atoms with Gasteiger partial charge in [0, 0.05) is 6.42 Å². The standard InChI is InChI=1S/C62H109NO18/c1-3-5-7-9-11-13-14-15-16-17-18-19-20-21-22-23-24-25-26-27-28-29-30-32-34-36-38-40-50(68)63-45(46(67)39-37-35-33-31-12-10-8-6-4-2)44-76-60-56(74)53(71)58(48(42-65)78-60)81-62-57(75)54(72)59(49(43-66)79-62)80-61-55(73)52(70)51(69)47(41-64)77-61/h12,14-15,17-18,20-21,31,37,39,45-49,51-62,64-67,69-75H,3-11,13,16,19,22-30,32-36,38,40-44H2,1-2H3,(H,63,68)/b15-14-,18-17-,21-20-,31-12+,39-37+. The van der Waals surface area contributed by atoms with Gasteiger partial charge < -0.3 is 89.9 Å². The molecule has 0 aromatic carbocycles. The van der Waals surface area contributed by atoms with Crippen LogP contribution < -0.4 is 5.32 Å². The van der Waals surface area contributed by atoms with E-state index in [-0.39, 0.29) is 18.9 Å². The van der Waals surface area contributed by atoms with Gasteiger partial charge in [0.25, 0.3) is 0 Å². The van der Waals surface area contributed by atoms with E-state index in [4.69, 9.17) is 28.4 Å². The molecule has 0 spiro atoms. The van der Waals surface area contributed by atoms with Crippen LogP contribution in [0.25, 0.3) is 0 Å². The van der Waals surface area contributed by atoms with Crippen LogP contribution in [-0.4, -0.2) is 193 Å². The first-order valence-electron chi connectivity index (χ1n) is 31.0. The van der Waals surface area contributed by atoms with Crippen molar-refractivity contribution < 1.29 is 89.4 Å². The van der Waals surface area contributed by atoms with Gasteiger partial charge in [-0.25, -0.2) is 0 Å². The van der Waals surface area contributed by atoms with Gasteiger partial charge in [-0.2, -0.15) is 0 Å². The Labute approximate surface area is 484 Å². The van der Waals surface area contributed by atoms with Gasteiger partial charge in [-0.1, -0.05) is 177 Å². The van der Waals surface area contributed by atoms with Gasteiger partial charge in [0.1, 0.15) is 73.2 Å². The highest BCUT2D eigenvalue weighted by Crippen LogP contribution is 2.33. The fourth-order valence-corrected chi connectivity index (χ4v) is 10.2. The summed E-state index contributed by atoms with van der Waals surface area (Å²) in [5.41, 5.74) is 0. The molecule has 3 aliphatic rings. The SMILES string of the molecule is CCCCC/C=C/CC/C=C/C(O)C(COC1OC(CO)C(OC2OC(CO)C(OC3OC(CO)C(O)C(O)C3O)C(O)C2O)C(O)C1O)NC(=O)CCCCCCCCCCCCCC/C=C\C/C=C\C/C=C\CCCCCCC. The predicted molar refractivity (Wildman–Crippen MR) is 309 cm³/mol. The number of nitrogens with one attached hydrogen (secondary N) is 1. The Morgan fingerprint density at radius 3 is 1.35 bits per heavy atom. The van der Waals surface area contributed by atoms with E-state index in [2.05, 4.69) is 67.8 Å². The van der Waals surface area contributed by atoms with Gasteiger partial charge in [-0.05, 0) is 70.6 Å². The Hall–Kier alpha value is -2.51. The molecule has 0 aromatic heterocycles. The third-order valence-corrected chi connectivity index (χ3v) is 15.3. The fraction of sp³-hybridized carbons (Fsp3) is 0.823. The number of hydrogen-bond donors (Lipinski definition) is 12. The molecule has 3 fully saturated rings. The monoisotopic (exact) mass is 1160 g/mol. The summed E-state index contributed by atoms with van der Waals surface area (Å²) in [4.78, 5) is 13.3. The van der Waals surface area contributed by atoms with E-state index in [1.54, 1.807) is 6.08 Å². The smallest absolute Gasteiger partial charge is 0.220 e. The minimum Gasteiger partial charge on any atom is -0.394 e. The minimum absolute atomic E-state index is 0.230. The molecule has 3 saturated heterocycles. The number of rotatable bonds is 45. The second-order valence-electron chi connectivity index (χ2n) is 22.2. The minimum atomic E-state index is -1.98. The van der Waals surface area contributed by atoms with Crippen molar-refractivity contribution >= 4 is 5.91 Å². The van der Waals surface area contributed by atoms with Crippen molar-refractivity contribution in [3.63, 3.8) is 0 Å². The zero-order valence-electron chi connectivity index (χ0n) is 49.0. The molecule has 0 aromatic rings. The lowest BCUT2D eigenvalue weighted by atomic mass is 9.96. The van der Waals surface area contributed by atoms with E-state index in [9.17, 15) is 61.0 Å². The van der Waals surface area contributed by atoms with Crippen LogP contribution in [0.2, 0.25) is 0 Å². The lowest BCUT2D eigenvalue weighted by Gasteiger charge is -2.48. The second kappa shape index (κ2) is 44.9. The topological polar surface area (TPSA) is 307 Å². The molecule has 0 saturated carbocycles. The highest BCUT2D eigenvalue weighted by atomic mass is 16.8. The van der Waals surface area contributed by atoms with Crippen molar-refractivity contribution in [2.75, 3.05) is 26.4 Å². The summed E-state index contributed by atoms with van der Waals surface area (Å²) in [5, 5.41) is 120. The molecule has 0 bridgehead atoms. The summed E-state index contributed by atoms with van der Waals surface area (Å²) in [6.45, 7) is 1.61. The number of ether oxygens (including phenoxy) is 6. The van der Waals surface area contributed by atoms with Gasteiger partial charge in [0.2, 0.25) is 5.91 Å². The van der Waals surface area contributed by atoms with Crippen molar-refractivity contribution in [1.29, 1.82) is 0 Å². The van der Waals surface area contributed by atoms with Crippen LogP contribution in [0.4, 0.5) is 0 Å². The summed E-state index contributed by atoms with van der Waals surface area (Å²) in [6.07, 6.45) is 25.2. The molecule has 470 valence electrons. The van der Waals surface area contributed by atoms with E-state index >= 15 is 0 Å². The summed E-state index contributed by atoms with van der Waals surface area (Å²) in [7, 11) is 0. The Balaban J connectivity index is 1.41. The molecule has 17 unspecified atom stereocenters. The average molecular weight is 1160 g/mol. The van der Waals surface area contributed by atoms with Crippen molar-refractivity contribution in [3.05, 3.63) is 60.8 Å². The molecule has 0 radical (unpaired) electrons. The van der Waals surface area contributed by atoms with Gasteiger partial charge in [-0.15, -0.1) is 0 Å². The number of hydrogen-bond acceptors (Lipinski definition) is 18. The van der Waals surface area contributed by atoms with Crippen molar-refractivity contribution in [2.45, 2.75) is 298 Å². The summed E-state index contributed by atoms with van der Waals surface area (Å²) in [6, 6.07) is -0.990. The van der Waals surface area contributed by atoms with Crippen LogP contribution in [0.3, 0.4) is 0 Å². The van der Waals surface area contributed by atoms with Crippen molar-refractivity contribution in [3.8, 4) is 0 Å². The maximum atomic E-state index is 13.3. The molecule has 81 heavy (non-hydrogen) atoms. The van der Waals surface area contributed by atoms with Crippen molar-refractivity contribution in [2.24, 2.45) is 0 Å². The van der Waals surface area contributed by atoms with E-state index in [1.165, 1.54) is 89.9 Å². The van der Waals surface area contributed by atoms with E-state index in [0.29, 0.717) is 12.8 Å². The normalized spacial score (nSPS) is 30.2. The maximum Gasteiger partial charge on any atom is 0.220 e. The number of allylic oxidation sites excluding steroid dienone is 9. The third kappa shape index (κ3) is 28.5. The molecule has 3 aliphatic heterocycles. The number of amides is 1. The van der Waals surface area contributed by atoms with Crippen LogP contribution >= 0.6 is 0 Å². The average Bonchev–Trinajstić information content (AvgIpc) is 3.55.